The van der Waals surface area contributed by atoms with Gasteiger partial charge in [0.05, 0.1) is 12.7 Å². The van der Waals surface area contributed by atoms with Crippen LogP contribution in [-0.4, -0.2) is 33.7 Å². The quantitative estimate of drug-likeness (QED) is 0.718. The lowest BCUT2D eigenvalue weighted by molar-refractivity contribution is 0.228. The van der Waals surface area contributed by atoms with Crippen molar-refractivity contribution in [3.63, 3.8) is 0 Å². The van der Waals surface area contributed by atoms with Crippen LogP contribution in [0.5, 0.6) is 5.75 Å². The zero-order chi connectivity index (χ0) is 18.6. The van der Waals surface area contributed by atoms with E-state index in [9.17, 15) is 0 Å². The maximum atomic E-state index is 5.55. The molecule has 3 aromatic rings. The summed E-state index contributed by atoms with van der Waals surface area (Å²) >= 11 is 0. The lowest BCUT2D eigenvalue weighted by Crippen LogP contribution is -2.29. The van der Waals surface area contributed by atoms with Crippen molar-refractivity contribution in [3.05, 3.63) is 59.4 Å². The number of nitrogens with zero attached hydrogens (tertiary/aromatic N) is 4. The Labute approximate surface area is 158 Å². The van der Waals surface area contributed by atoms with Crippen LogP contribution in [-0.2, 0) is 25.9 Å². The van der Waals surface area contributed by atoms with Gasteiger partial charge in [-0.2, -0.15) is 0 Å². The number of aryl methyl sites for hydroxylation is 1. The van der Waals surface area contributed by atoms with Crippen molar-refractivity contribution in [2.75, 3.05) is 19.0 Å². The highest BCUT2D eigenvalue weighted by Crippen LogP contribution is 2.29. The SMILES string of the molecule is CCc1ncc(CN2CCc3onc(Nc4cccc(OC)c4)c3C2)cn1. The number of aromatic nitrogens is 3. The van der Waals surface area contributed by atoms with Crippen molar-refractivity contribution in [3.8, 4) is 5.75 Å². The van der Waals surface area contributed by atoms with Crippen molar-refractivity contribution in [1.29, 1.82) is 0 Å². The van der Waals surface area contributed by atoms with Gasteiger partial charge in [-0.1, -0.05) is 18.1 Å². The number of nitrogens with one attached hydrogen (secondary N) is 1. The topological polar surface area (TPSA) is 76.3 Å². The molecule has 0 aliphatic carbocycles. The third-order valence-electron chi connectivity index (χ3n) is 4.72. The van der Waals surface area contributed by atoms with Gasteiger partial charge in [-0.15, -0.1) is 0 Å². The summed E-state index contributed by atoms with van der Waals surface area (Å²) in [5.74, 6) is 3.40. The van der Waals surface area contributed by atoms with Gasteiger partial charge in [0, 0.05) is 62.2 Å². The van der Waals surface area contributed by atoms with E-state index in [1.807, 2.05) is 36.7 Å². The highest BCUT2D eigenvalue weighted by molar-refractivity contribution is 5.61. The first-order valence-corrected chi connectivity index (χ1v) is 9.16. The molecule has 0 saturated carbocycles. The predicted octanol–water partition coefficient (Wildman–Crippen LogP) is 3.34. The van der Waals surface area contributed by atoms with E-state index in [0.717, 1.165) is 72.4 Å². The Kier molecular flexibility index (Phi) is 5.02. The Morgan fingerprint density at radius 2 is 2.11 bits per heavy atom. The highest BCUT2D eigenvalue weighted by Gasteiger charge is 2.24. The second-order valence-corrected chi connectivity index (χ2v) is 6.61. The minimum atomic E-state index is 0.764. The standard InChI is InChI=1S/C20H23N5O2/c1-3-19-21-10-14(11-22-19)12-25-8-7-18-17(13-25)20(24-27-18)23-15-5-4-6-16(9-15)26-2/h4-6,9-11H,3,7-8,12-13H2,1-2H3,(H,23,24). The monoisotopic (exact) mass is 365 g/mol. The van der Waals surface area contributed by atoms with Crippen LogP contribution in [0.4, 0.5) is 11.5 Å². The molecule has 0 bridgehead atoms. The molecule has 1 N–H and O–H groups in total. The van der Waals surface area contributed by atoms with E-state index in [1.165, 1.54) is 0 Å². The van der Waals surface area contributed by atoms with Crippen LogP contribution < -0.4 is 10.1 Å². The molecular weight excluding hydrogens is 342 g/mol. The average molecular weight is 365 g/mol. The fourth-order valence-corrected chi connectivity index (χ4v) is 3.24. The summed E-state index contributed by atoms with van der Waals surface area (Å²) in [5, 5.41) is 7.58. The lowest BCUT2D eigenvalue weighted by atomic mass is 10.1. The minimum absolute atomic E-state index is 0.764. The zero-order valence-corrected chi connectivity index (χ0v) is 15.6. The third-order valence-corrected chi connectivity index (χ3v) is 4.72. The Bertz CT molecular complexity index is 907. The molecule has 140 valence electrons. The molecule has 1 aliphatic heterocycles. The molecule has 0 fully saturated rings. The first-order chi connectivity index (χ1) is 13.2. The van der Waals surface area contributed by atoms with Crippen LogP contribution in [0.1, 0.15) is 29.6 Å². The van der Waals surface area contributed by atoms with Gasteiger partial charge in [0.15, 0.2) is 5.82 Å². The third kappa shape index (κ3) is 3.93. The smallest absolute Gasteiger partial charge is 0.178 e. The summed E-state index contributed by atoms with van der Waals surface area (Å²) in [5.41, 5.74) is 3.15. The molecule has 4 rings (SSSR count). The van der Waals surface area contributed by atoms with Crippen LogP contribution in [0.15, 0.2) is 41.2 Å². The summed E-state index contributed by atoms with van der Waals surface area (Å²) in [4.78, 5) is 11.1. The first-order valence-electron chi connectivity index (χ1n) is 9.16. The van der Waals surface area contributed by atoms with Crippen LogP contribution in [0.3, 0.4) is 0 Å². The summed E-state index contributed by atoms with van der Waals surface area (Å²) in [7, 11) is 1.66. The fourth-order valence-electron chi connectivity index (χ4n) is 3.24. The molecule has 2 aromatic heterocycles. The van der Waals surface area contributed by atoms with Crippen LogP contribution in [0, 0.1) is 0 Å². The van der Waals surface area contributed by atoms with E-state index in [-0.39, 0.29) is 0 Å². The molecule has 0 radical (unpaired) electrons. The summed E-state index contributed by atoms with van der Waals surface area (Å²) in [6.45, 7) is 4.58. The molecule has 1 aliphatic rings. The summed E-state index contributed by atoms with van der Waals surface area (Å²) in [6, 6.07) is 7.78. The van der Waals surface area contributed by atoms with Crippen LogP contribution in [0.25, 0.3) is 0 Å². The minimum Gasteiger partial charge on any atom is -0.497 e. The molecule has 0 spiro atoms. The van der Waals surface area contributed by atoms with E-state index in [4.69, 9.17) is 9.26 Å². The molecule has 1 aromatic carbocycles. The molecule has 3 heterocycles. The number of anilines is 2. The number of fused-ring (bicyclic) bond motifs is 1. The maximum absolute atomic E-state index is 5.55. The summed E-state index contributed by atoms with van der Waals surface area (Å²) < 4.78 is 10.8. The van der Waals surface area contributed by atoms with Crippen LogP contribution in [0.2, 0.25) is 0 Å². The normalized spacial score (nSPS) is 14.0. The molecule has 0 saturated heterocycles. The van der Waals surface area contributed by atoms with Crippen molar-refractivity contribution in [2.45, 2.75) is 32.9 Å². The molecule has 0 amide bonds. The van der Waals surface area contributed by atoms with Crippen molar-refractivity contribution < 1.29 is 9.26 Å². The van der Waals surface area contributed by atoms with Crippen molar-refractivity contribution in [2.24, 2.45) is 0 Å². The maximum Gasteiger partial charge on any atom is 0.178 e. The number of benzene rings is 1. The Hall–Kier alpha value is -2.93. The van der Waals surface area contributed by atoms with Gasteiger partial charge in [-0.3, -0.25) is 4.90 Å². The van der Waals surface area contributed by atoms with Crippen LogP contribution >= 0.6 is 0 Å². The lowest BCUT2D eigenvalue weighted by Gasteiger charge is -2.25. The number of hydrogen-bond donors (Lipinski definition) is 1. The average Bonchev–Trinajstić information content (AvgIpc) is 3.11. The summed E-state index contributed by atoms with van der Waals surface area (Å²) in [6.07, 6.45) is 5.54. The van der Waals surface area contributed by atoms with E-state index in [0.29, 0.717) is 0 Å². The van der Waals surface area contributed by atoms with E-state index in [1.54, 1.807) is 7.11 Å². The van der Waals surface area contributed by atoms with Gasteiger partial charge < -0.3 is 14.6 Å². The molecule has 7 nitrogen and oxygen atoms in total. The van der Waals surface area contributed by atoms with E-state index in [2.05, 4.69) is 32.3 Å². The largest absolute Gasteiger partial charge is 0.497 e. The highest BCUT2D eigenvalue weighted by atomic mass is 16.5. The molecule has 0 atom stereocenters. The van der Waals surface area contributed by atoms with Gasteiger partial charge in [0.1, 0.15) is 17.3 Å². The molecule has 0 unspecified atom stereocenters. The number of methoxy groups -OCH3 is 1. The molecular formula is C20H23N5O2. The van der Waals surface area contributed by atoms with Gasteiger partial charge in [0.25, 0.3) is 0 Å². The number of hydrogen-bond acceptors (Lipinski definition) is 7. The van der Waals surface area contributed by atoms with Gasteiger partial charge in [0.2, 0.25) is 0 Å². The second-order valence-electron chi connectivity index (χ2n) is 6.61. The Morgan fingerprint density at radius 1 is 1.26 bits per heavy atom. The number of rotatable bonds is 6. The fraction of sp³-hybridized carbons (Fsp3) is 0.350. The zero-order valence-electron chi connectivity index (χ0n) is 15.6. The molecule has 27 heavy (non-hydrogen) atoms. The number of ether oxygens (including phenoxy) is 1. The van der Waals surface area contributed by atoms with Crippen molar-refractivity contribution in [1.82, 2.24) is 20.0 Å². The van der Waals surface area contributed by atoms with E-state index >= 15 is 0 Å². The predicted molar refractivity (Wildman–Crippen MR) is 102 cm³/mol. The van der Waals surface area contributed by atoms with Gasteiger partial charge >= 0.3 is 0 Å². The van der Waals surface area contributed by atoms with Crippen molar-refractivity contribution >= 4 is 11.5 Å². The van der Waals surface area contributed by atoms with Gasteiger partial charge in [-0.05, 0) is 12.1 Å². The van der Waals surface area contributed by atoms with Gasteiger partial charge in [-0.25, -0.2) is 9.97 Å². The second kappa shape index (κ2) is 7.75. The Morgan fingerprint density at radius 3 is 2.89 bits per heavy atom. The molecule has 7 heteroatoms. The first kappa shape index (κ1) is 17.5. The Balaban J connectivity index is 1.47. The van der Waals surface area contributed by atoms with E-state index < -0.39 is 0 Å².